The summed E-state index contributed by atoms with van der Waals surface area (Å²) < 4.78 is 37.0. The molecule has 1 aliphatic carbocycles. The van der Waals surface area contributed by atoms with Crippen molar-refractivity contribution in [2.75, 3.05) is 13.2 Å². The number of hydrogen-bond acceptors (Lipinski definition) is 3. The van der Waals surface area contributed by atoms with Crippen molar-refractivity contribution >= 4 is 5.84 Å². The number of rotatable bonds is 4. The molecule has 0 aromatic heterocycles. The van der Waals surface area contributed by atoms with Crippen LogP contribution in [0.4, 0.5) is 13.2 Å². The molecule has 0 spiro atoms. The highest BCUT2D eigenvalue weighted by atomic mass is 19.4. The summed E-state index contributed by atoms with van der Waals surface area (Å²) in [6.07, 6.45) is 1.21. The number of amidine groups is 1. The molecule has 0 bridgehead atoms. The van der Waals surface area contributed by atoms with Gasteiger partial charge in [0.1, 0.15) is 19.0 Å². The molecule has 1 saturated carbocycles. The van der Waals surface area contributed by atoms with Crippen molar-refractivity contribution < 1.29 is 13.2 Å². The number of halogens is 3. The van der Waals surface area contributed by atoms with E-state index < -0.39 is 12.7 Å². The van der Waals surface area contributed by atoms with Gasteiger partial charge in [-0.15, -0.1) is 0 Å². The molecule has 0 saturated heterocycles. The van der Waals surface area contributed by atoms with Crippen LogP contribution in [0, 0.1) is 5.92 Å². The first kappa shape index (κ1) is 14.9. The minimum Gasteiger partial charge on any atom is -0.363 e. The van der Waals surface area contributed by atoms with Crippen molar-refractivity contribution in [1.29, 1.82) is 0 Å². The molecule has 1 aromatic rings. The van der Waals surface area contributed by atoms with Crippen molar-refractivity contribution in [2.24, 2.45) is 10.9 Å². The van der Waals surface area contributed by atoms with Gasteiger partial charge >= 0.3 is 6.18 Å². The van der Waals surface area contributed by atoms with Crippen LogP contribution in [0.3, 0.4) is 0 Å². The van der Waals surface area contributed by atoms with Crippen LogP contribution in [0.15, 0.2) is 47.6 Å². The second kappa shape index (κ2) is 6.02. The van der Waals surface area contributed by atoms with Gasteiger partial charge in [0.15, 0.2) is 0 Å². The zero-order valence-electron chi connectivity index (χ0n) is 12.1. The third-order valence-electron chi connectivity index (χ3n) is 3.80. The number of nitrogens with zero attached hydrogens (tertiary/aromatic N) is 2. The highest BCUT2D eigenvalue weighted by Gasteiger charge is 2.33. The van der Waals surface area contributed by atoms with Crippen LogP contribution in [0.1, 0.15) is 24.4 Å². The van der Waals surface area contributed by atoms with Crippen LogP contribution in [-0.4, -0.2) is 30.1 Å². The van der Waals surface area contributed by atoms with E-state index in [0.29, 0.717) is 11.8 Å². The highest BCUT2D eigenvalue weighted by Crippen LogP contribution is 2.41. The van der Waals surface area contributed by atoms with Crippen LogP contribution in [0.5, 0.6) is 0 Å². The van der Waals surface area contributed by atoms with Crippen molar-refractivity contribution in [3.63, 3.8) is 0 Å². The van der Waals surface area contributed by atoms with E-state index >= 15 is 0 Å². The first-order chi connectivity index (χ1) is 10.5. The van der Waals surface area contributed by atoms with Gasteiger partial charge in [-0.05, 0) is 30.4 Å². The fourth-order valence-corrected chi connectivity index (χ4v) is 2.59. The molecule has 0 radical (unpaired) electrons. The Bertz CT molecular complexity index is 562. The minimum absolute atomic E-state index is 0.0323. The van der Waals surface area contributed by atoms with E-state index in [1.54, 1.807) is 6.08 Å². The second-order valence-electron chi connectivity index (χ2n) is 5.73. The summed E-state index contributed by atoms with van der Waals surface area (Å²) in [5.41, 5.74) is 1.19. The maximum absolute atomic E-state index is 12.3. The van der Waals surface area contributed by atoms with Gasteiger partial charge in [0.25, 0.3) is 0 Å². The van der Waals surface area contributed by atoms with Gasteiger partial charge in [-0.2, -0.15) is 13.2 Å². The molecule has 1 unspecified atom stereocenters. The van der Waals surface area contributed by atoms with Gasteiger partial charge in [0.2, 0.25) is 0 Å². The molecule has 1 N–H and O–H groups in total. The van der Waals surface area contributed by atoms with E-state index in [2.05, 4.69) is 22.4 Å². The van der Waals surface area contributed by atoms with E-state index in [1.807, 2.05) is 18.2 Å². The Morgan fingerprint density at radius 1 is 1.23 bits per heavy atom. The molecule has 1 aliphatic heterocycles. The van der Waals surface area contributed by atoms with Gasteiger partial charge in [0, 0.05) is 6.20 Å². The Morgan fingerprint density at radius 2 is 1.95 bits per heavy atom. The zero-order chi connectivity index (χ0) is 15.6. The summed E-state index contributed by atoms with van der Waals surface area (Å²) in [6.45, 7) is -0.935. The summed E-state index contributed by atoms with van der Waals surface area (Å²) in [5.74, 6) is 1.23. The molecule has 0 amide bonds. The van der Waals surface area contributed by atoms with E-state index in [0.717, 1.165) is 4.90 Å². The first-order valence-electron chi connectivity index (χ1n) is 7.36. The summed E-state index contributed by atoms with van der Waals surface area (Å²) >= 11 is 0. The Hall–Kier alpha value is -1.98. The molecule has 22 heavy (non-hydrogen) atoms. The number of hydrogen-bond donors (Lipinski definition) is 1. The quantitative estimate of drug-likeness (QED) is 0.922. The van der Waals surface area contributed by atoms with Crippen molar-refractivity contribution in [1.82, 2.24) is 10.2 Å². The second-order valence-corrected chi connectivity index (χ2v) is 5.73. The zero-order valence-corrected chi connectivity index (χ0v) is 12.1. The van der Waals surface area contributed by atoms with E-state index in [4.69, 9.17) is 0 Å². The Morgan fingerprint density at radius 3 is 2.50 bits per heavy atom. The van der Waals surface area contributed by atoms with E-state index in [-0.39, 0.29) is 12.7 Å². The summed E-state index contributed by atoms with van der Waals surface area (Å²) in [7, 11) is 0. The van der Waals surface area contributed by atoms with Crippen molar-refractivity contribution in [2.45, 2.75) is 25.1 Å². The maximum atomic E-state index is 12.3. The summed E-state index contributed by atoms with van der Waals surface area (Å²) in [5, 5.41) is 3.37. The van der Waals surface area contributed by atoms with Crippen molar-refractivity contribution in [3.8, 4) is 0 Å². The molecule has 3 nitrogen and oxygen atoms in total. The van der Waals surface area contributed by atoms with E-state index in [9.17, 15) is 13.2 Å². The van der Waals surface area contributed by atoms with Gasteiger partial charge in [0.05, 0.1) is 6.04 Å². The fraction of sp³-hybridized carbons (Fsp3) is 0.438. The predicted molar refractivity (Wildman–Crippen MR) is 79.2 cm³/mol. The molecular weight excluding hydrogens is 291 g/mol. The summed E-state index contributed by atoms with van der Waals surface area (Å²) in [4.78, 5) is 5.37. The Balaban J connectivity index is 1.62. The minimum atomic E-state index is -4.20. The molecule has 1 heterocycles. The van der Waals surface area contributed by atoms with Gasteiger partial charge < -0.3 is 10.2 Å². The van der Waals surface area contributed by atoms with Crippen LogP contribution < -0.4 is 5.32 Å². The largest absolute Gasteiger partial charge is 0.405 e. The Kier molecular flexibility index (Phi) is 4.09. The number of benzene rings is 1. The monoisotopic (exact) mass is 309 g/mol. The lowest BCUT2D eigenvalue weighted by Crippen LogP contribution is -2.36. The molecule has 3 rings (SSSR count). The number of alkyl halides is 3. The van der Waals surface area contributed by atoms with Crippen LogP contribution in [0.2, 0.25) is 0 Å². The van der Waals surface area contributed by atoms with Gasteiger partial charge in [-0.3, -0.25) is 0 Å². The molecule has 6 heteroatoms. The lowest BCUT2D eigenvalue weighted by Gasteiger charge is -2.26. The van der Waals surface area contributed by atoms with Gasteiger partial charge in [-0.1, -0.05) is 30.3 Å². The highest BCUT2D eigenvalue weighted by molar-refractivity contribution is 5.93. The van der Waals surface area contributed by atoms with Crippen LogP contribution >= 0.6 is 0 Å². The molecule has 1 fully saturated rings. The average Bonchev–Trinajstić information content (AvgIpc) is 3.30. The normalized spacial score (nSPS) is 19.8. The topological polar surface area (TPSA) is 27.6 Å². The van der Waals surface area contributed by atoms with Crippen molar-refractivity contribution in [3.05, 3.63) is 48.2 Å². The molecule has 118 valence electrons. The number of aliphatic imine (C=N–C) groups is 1. The fourth-order valence-electron chi connectivity index (χ4n) is 2.59. The van der Waals surface area contributed by atoms with E-state index in [1.165, 1.54) is 24.6 Å². The first-order valence-corrected chi connectivity index (χ1v) is 7.36. The maximum Gasteiger partial charge on any atom is 0.405 e. The molecule has 1 atom stereocenters. The van der Waals surface area contributed by atoms with Crippen LogP contribution in [0.25, 0.3) is 0 Å². The smallest absolute Gasteiger partial charge is 0.363 e. The lowest BCUT2D eigenvalue weighted by atomic mass is 10.0. The molecule has 2 aliphatic rings. The molecular formula is C16H18F3N3. The lowest BCUT2D eigenvalue weighted by molar-refractivity contribution is -0.140. The summed E-state index contributed by atoms with van der Waals surface area (Å²) in [6, 6.07) is 10.3. The number of nitrogens with one attached hydrogen (secondary N) is 1. The third kappa shape index (κ3) is 4.02. The van der Waals surface area contributed by atoms with Crippen LogP contribution in [-0.2, 0) is 0 Å². The standard InChI is InChI=1S/C16H18F3N3/c17-16(18,19)10-22-9-8-14(20-11-22)21-15(13-6-7-13)12-4-2-1-3-5-12/h1-5,8-9,13,15H,6-7,10-11H2,(H,20,21). The third-order valence-corrected chi connectivity index (χ3v) is 3.80. The van der Waals surface area contributed by atoms with Gasteiger partial charge in [-0.25, -0.2) is 4.99 Å². The predicted octanol–water partition coefficient (Wildman–Crippen LogP) is 3.47. The average molecular weight is 309 g/mol. The molecule has 1 aromatic carbocycles. The SMILES string of the molecule is FC(F)(F)CN1C=CC(NC(c2ccccc2)C2CC2)=NC1. The Labute approximate surface area is 127 Å².